The number of rotatable bonds is 7. The van der Waals surface area contributed by atoms with Crippen LogP contribution in [-0.4, -0.2) is 52.6 Å². The summed E-state index contributed by atoms with van der Waals surface area (Å²) in [4.78, 5) is 23.5. The number of hydrogen-bond acceptors (Lipinski definition) is 4. The van der Waals surface area contributed by atoms with Crippen molar-refractivity contribution in [1.82, 2.24) is 19.8 Å². The van der Waals surface area contributed by atoms with E-state index < -0.39 is 0 Å². The van der Waals surface area contributed by atoms with Gasteiger partial charge in [0.15, 0.2) is 5.96 Å². The Bertz CT molecular complexity index is 801. The van der Waals surface area contributed by atoms with Crippen LogP contribution in [0.4, 0.5) is 0 Å². The fourth-order valence-electron chi connectivity index (χ4n) is 3.57. The Labute approximate surface area is 195 Å². The predicted molar refractivity (Wildman–Crippen MR) is 129 cm³/mol. The van der Waals surface area contributed by atoms with Crippen LogP contribution >= 0.6 is 24.0 Å². The number of guanidine groups is 1. The Balaban J connectivity index is 0.00000320. The van der Waals surface area contributed by atoms with E-state index in [1.165, 1.54) is 5.56 Å². The van der Waals surface area contributed by atoms with Gasteiger partial charge >= 0.3 is 5.97 Å². The third-order valence-electron chi connectivity index (χ3n) is 5.12. The number of halogens is 1. The highest BCUT2D eigenvalue weighted by atomic mass is 127. The molecule has 1 aliphatic heterocycles. The van der Waals surface area contributed by atoms with Crippen molar-refractivity contribution in [3.63, 3.8) is 0 Å². The largest absolute Gasteiger partial charge is 0.466 e. The molecule has 0 saturated carbocycles. The van der Waals surface area contributed by atoms with Crippen LogP contribution in [0.15, 0.2) is 47.7 Å². The van der Waals surface area contributed by atoms with Gasteiger partial charge in [-0.2, -0.15) is 0 Å². The molecule has 30 heavy (non-hydrogen) atoms. The van der Waals surface area contributed by atoms with Gasteiger partial charge in [0.1, 0.15) is 12.4 Å². The average molecular weight is 525 g/mol. The van der Waals surface area contributed by atoms with Crippen LogP contribution < -0.4 is 5.32 Å². The highest BCUT2D eigenvalue weighted by Crippen LogP contribution is 2.19. The van der Waals surface area contributed by atoms with E-state index in [9.17, 15) is 4.79 Å². The van der Waals surface area contributed by atoms with E-state index in [-0.39, 0.29) is 35.9 Å². The van der Waals surface area contributed by atoms with Gasteiger partial charge in [-0.25, -0.2) is 9.98 Å². The van der Waals surface area contributed by atoms with E-state index in [1.807, 2.05) is 37.5 Å². The molecule has 1 N–H and O–H groups in total. The van der Waals surface area contributed by atoms with Crippen molar-refractivity contribution in [3.05, 3.63) is 54.1 Å². The molecule has 1 saturated heterocycles. The van der Waals surface area contributed by atoms with Crippen LogP contribution in [0.3, 0.4) is 0 Å². The first-order valence-corrected chi connectivity index (χ1v) is 10.4. The maximum atomic E-state index is 12.0. The summed E-state index contributed by atoms with van der Waals surface area (Å²) in [5, 5.41) is 3.38. The third kappa shape index (κ3) is 6.72. The number of esters is 1. The van der Waals surface area contributed by atoms with E-state index in [2.05, 4.69) is 38.8 Å². The molecule has 1 aromatic heterocycles. The van der Waals surface area contributed by atoms with Crippen LogP contribution in [-0.2, 0) is 22.6 Å². The lowest BCUT2D eigenvalue weighted by Gasteiger charge is -2.33. The topological polar surface area (TPSA) is 71.8 Å². The number of aliphatic imine (C=N–C) groups is 1. The van der Waals surface area contributed by atoms with Gasteiger partial charge < -0.3 is 19.5 Å². The zero-order chi connectivity index (χ0) is 20.5. The monoisotopic (exact) mass is 525 g/mol. The second-order valence-electron chi connectivity index (χ2n) is 7.14. The molecule has 1 aliphatic rings. The van der Waals surface area contributed by atoms with E-state index in [4.69, 9.17) is 9.73 Å². The second-order valence-corrected chi connectivity index (χ2v) is 7.14. The number of nitrogens with one attached hydrogen (secondary N) is 1. The average Bonchev–Trinajstić information content (AvgIpc) is 3.19. The molecule has 2 aromatic rings. The molecule has 1 aromatic carbocycles. The Kier molecular flexibility index (Phi) is 10.1. The minimum absolute atomic E-state index is 0. The van der Waals surface area contributed by atoms with Gasteiger partial charge in [0.25, 0.3) is 0 Å². The lowest BCUT2D eigenvalue weighted by molar-refractivity contribution is -0.149. The molecule has 0 atom stereocenters. The van der Waals surface area contributed by atoms with E-state index in [0.717, 1.165) is 50.8 Å². The summed E-state index contributed by atoms with van der Waals surface area (Å²) in [5.41, 5.74) is 1.24. The highest BCUT2D eigenvalue weighted by molar-refractivity contribution is 14.0. The number of benzene rings is 1. The molecular formula is C22H32IN5O2. The maximum Gasteiger partial charge on any atom is 0.309 e. The summed E-state index contributed by atoms with van der Waals surface area (Å²) < 4.78 is 7.30. The minimum atomic E-state index is -0.0722. The van der Waals surface area contributed by atoms with Gasteiger partial charge in [0, 0.05) is 38.6 Å². The van der Waals surface area contributed by atoms with Crippen molar-refractivity contribution in [2.75, 3.05) is 26.2 Å². The summed E-state index contributed by atoms with van der Waals surface area (Å²) >= 11 is 0. The SMILES string of the molecule is CCNC(=NCc1nccn1Cc1ccccc1)N1CCC(C(=O)OCC)CC1.I. The molecule has 0 bridgehead atoms. The Morgan fingerprint density at radius 1 is 1.23 bits per heavy atom. The Hall–Kier alpha value is -2.10. The maximum absolute atomic E-state index is 12.0. The summed E-state index contributed by atoms with van der Waals surface area (Å²) in [7, 11) is 0. The molecule has 0 aliphatic carbocycles. The molecule has 164 valence electrons. The van der Waals surface area contributed by atoms with Gasteiger partial charge in [-0.05, 0) is 32.3 Å². The van der Waals surface area contributed by atoms with Gasteiger partial charge in [0.05, 0.1) is 12.5 Å². The number of hydrogen-bond donors (Lipinski definition) is 1. The van der Waals surface area contributed by atoms with E-state index in [1.54, 1.807) is 0 Å². The Morgan fingerprint density at radius 3 is 2.63 bits per heavy atom. The van der Waals surface area contributed by atoms with Crippen molar-refractivity contribution in [3.8, 4) is 0 Å². The van der Waals surface area contributed by atoms with Crippen molar-refractivity contribution in [1.29, 1.82) is 0 Å². The van der Waals surface area contributed by atoms with E-state index >= 15 is 0 Å². The standard InChI is InChI=1S/C22H31N5O2.HI/c1-3-23-22(26-13-10-19(11-14-26)21(28)29-4-2)25-16-20-24-12-15-27(20)17-18-8-6-5-7-9-18;/h5-9,12,15,19H,3-4,10-11,13-14,16-17H2,1-2H3,(H,23,25);1H. The van der Waals surface area contributed by atoms with Gasteiger partial charge in [0.2, 0.25) is 0 Å². The molecule has 0 unspecified atom stereocenters. The number of carbonyl (C=O) groups is 1. The van der Waals surface area contributed by atoms with Crippen LogP contribution in [0.2, 0.25) is 0 Å². The number of likely N-dealkylation sites (tertiary alicyclic amines) is 1. The zero-order valence-electron chi connectivity index (χ0n) is 17.8. The smallest absolute Gasteiger partial charge is 0.309 e. The van der Waals surface area contributed by atoms with Gasteiger partial charge in [-0.1, -0.05) is 30.3 Å². The number of piperidine rings is 1. The van der Waals surface area contributed by atoms with Gasteiger partial charge in [-0.3, -0.25) is 4.79 Å². The molecule has 3 rings (SSSR count). The third-order valence-corrected chi connectivity index (χ3v) is 5.12. The summed E-state index contributed by atoms with van der Waals surface area (Å²) in [6.07, 6.45) is 5.42. The predicted octanol–water partition coefficient (Wildman–Crippen LogP) is 3.29. The lowest BCUT2D eigenvalue weighted by Crippen LogP contribution is -2.46. The minimum Gasteiger partial charge on any atom is -0.466 e. The van der Waals surface area contributed by atoms with Gasteiger partial charge in [-0.15, -0.1) is 24.0 Å². The van der Waals surface area contributed by atoms with Crippen LogP contribution in [0, 0.1) is 5.92 Å². The van der Waals surface area contributed by atoms with Crippen LogP contribution in [0.5, 0.6) is 0 Å². The molecule has 0 radical (unpaired) electrons. The molecular weight excluding hydrogens is 493 g/mol. The molecule has 2 heterocycles. The summed E-state index contributed by atoms with van der Waals surface area (Å²) in [6, 6.07) is 10.4. The molecule has 0 spiro atoms. The fraction of sp³-hybridized carbons (Fsp3) is 0.500. The summed E-state index contributed by atoms with van der Waals surface area (Å²) in [6.45, 7) is 8.06. The summed E-state index contributed by atoms with van der Waals surface area (Å²) in [5.74, 6) is 1.74. The first-order chi connectivity index (χ1) is 14.2. The quantitative estimate of drug-likeness (QED) is 0.260. The highest BCUT2D eigenvalue weighted by Gasteiger charge is 2.27. The number of nitrogens with zero attached hydrogens (tertiary/aromatic N) is 4. The van der Waals surface area contributed by atoms with Crippen LogP contribution in [0.1, 0.15) is 38.1 Å². The number of carbonyl (C=O) groups excluding carboxylic acids is 1. The number of imidazole rings is 1. The first kappa shape index (κ1) is 24.2. The zero-order valence-corrected chi connectivity index (χ0v) is 20.1. The van der Waals surface area contributed by atoms with Crippen molar-refractivity contribution < 1.29 is 9.53 Å². The lowest BCUT2D eigenvalue weighted by atomic mass is 9.97. The molecule has 1 fully saturated rings. The molecule has 0 amide bonds. The fourth-order valence-corrected chi connectivity index (χ4v) is 3.57. The number of aromatic nitrogens is 2. The van der Waals surface area contributed by atoms with E-state index in [0.29, 0.717) is 13.2 Å². The Morgan fingerprint density at radius 2 is 1.97 bits per heavy atom. The van der Waals surface area contributed by atoms with Crippen molar-refractivity contribution >= 4 is 35.9 Å². The normalized spacial score (nSPS) is 14.9. The second kappa shape index (κ2) is 12.6. The first-order valence-electron chi connectivity index (χ1n) is 10.4. The van der Waals surface area contributed by atoms with Crippen LogP contribution in [0.25, 0.3) is 0 Å². The van der Waals surface area contributed by atoms with Crippen molar-refractivity contribution in [2.24, 2.45) is 10.9 Å². The molecule has 8 heteroatoms. The molecule has 7 nitrogen and oxygen atoms in total. The van der Waals surface area contributed by atoms with Crippen molar-refractivity contribution in [2.45, 2.75) is 39.8 Å². The number of ether oxygens (including phenoxy) is 1.